The number of nitrogens with zero attached hydrogens (tertiary/aromatic N) is 2. The molecule has 1 aromatic rings. The first-order valence-corrected chi connectivity index (χ1v) is 6.65. The molecular weight excluding hydrogens is 300 g/mol. The molecule has 1 fully saturated rings. The molecule has 0 aliphatic carbocycles. The van der Waals surface area contributed by atoms with Gasteiger partial charge in [-0.05, 0) is 48.6 Å². The maximum Gasteiger partial charge on any atom is 0.289 e. The van der Waals surface area contributed by atoms with Crippen LogP contribution in [0.15, 0.2) is 21.2 Å². The zero-order chi connectivity index (χ0) is 13.3. The number of likely N-dealkylation sites (tertiary alicyclic amines) is 1. The Hall–Kier alpha value is -0.850. The summed E-state index contributed by atoms with van der Waals surface area (Å²) in [5.41, 5.74) is 0. The molecular formula is C12H17BrN2O3. The normalized spacial score (nSPS) is 23.9. The van der Waals surface area contributed by atoms with E-state index in [0.717, 1.165) is 6.54 Å². The van der Waals surface area contributed by atoms with Gasteiger partial charge in [-0.3, -0.25) is 4.79 Å². The summed E-state index contributed by atoms with van der Waals surface area (Å²) in [5, 5.41) is 9.73. The molecule has 2 heterocycles. The molecule has 0 aromatic carbocycles. The predicted octanol–water partition coefficient (Wildman–Crippen LogP) is 1.18. The van der Waals surface area contributed by atoms with E-state index in [1.807, 2.05) is 19.0 Å². The van der Waals surface area contributed by atoms with E-state index in [0.29, 0.717) is 23.4 Å². The summed E-state index contributed by atoms with van der Waals surface area (Å²) >= 11 is 3.18. The smallest absolute Gasteiger partial charge is 0.289 e. The topological polar surface area (TPSA) is 56.9 Å². The van der Waals surface area contributed by atoms with Gasteiger partial charge in [0.25, 0.3) is 5.91 Å². The van der Waals surface area contributed by atoms with Gasteiger partial charge in [0.05, 0.1) is 6.10 Å². The molecule has 18 heavy (non-hydrogen) atoms. The van der Waals surface area contributed by atoms with E-state index in [4.69, 9.17) is 4.42 Å². The van der Waals surface area contributed by atoms with Crippen molar-refractivity contribution in [1.82, 2.24) is 9.80 Å². The van der Waals surface area contributed by atoms with Gasteiger partial charge in [0.1, 0.15) is 0 Å². The first-order chi connectivity index (χ1) is 8.47. The number of hydrogen-bond donors (Lipinski definition) is 1. The number of carbonyl (C=O) groups is 1. The van der Waals surface area contributed by atoms with E-state index in [2.05, 4.69) is 15.9 Å². The highest BCUT2D eigenvalue weighted by molar-refractivity contribution is 9.10. The Morgan fingerprint density at radius 2 is 2.33 bits per heavy atom. The molecule has 0 spiro atoms. The molecule has 0 bridgehead atoms. The quantitative estimate of drug-likeness (QED) is 0.909. The average Bonchev–Trinajstić information content (AvgIpc) is 2.83. The summed E-state index contributed by atoms with van der Waals surface area (Å²) < 4.78 is 5.81. The van der Waals surface area contributed by atoms with Gasteiger partial charge in [0, 0.05) is 19.1 Å². The lowest BCUT2D eigenvalue weighted by Gasteiger charge is -2.25. The molecule has 0 radical (unpaired) electrons. The van der Waals surface area contributed by atoms with Crippen molar-refractivity contribution < 1.29 is 14.3 Å². The van der Waals surface area contributed by atoms with Crippen LogP contribution in [0.1, 0.15) is 17.0 Å². The number of rotatable bonds is 3. The minimum Gasteiger partial charge on any atom is -0.444 e. The van der Waals surface area contributed by atoms with E-state index in [9.17, 15) is 9.90 Å². The van der Waals surface area contributed by atoms with Crippen molar-refractivity contribution in [3.8, 4) is 0 Å². The summed E-state index contributed by atoms with van der Waals surface area (Å²) in [6, 6.07) is 3.37. The van der Waals surface area contributed by atoms with Gasteiger partial charge in [-0.15, -0.1) is 0 Å². The fourth-order valence-electron chi connectivity index (χ4n) is 2.31. The molecule has 1 N–H and O–H groups in total. The van der Waals surface area contributed by atoms with E-state index in [1.165, 1.54) is 0 Å². The van der Waals surface area contributed by atoms with E-state index in [-0.39, 0.29) is 11.9 Å². The summed E-state index contributed by atoms with van der Waals surface area (Å²) in [6.07, 6.45) is 0.170. The van der Waals surface area contributed by atoms with Gasteiger partial charge < -0.3 is 19.3 Å². The maximum absolute atomic E-state index is 12.3. The van der Waals surface area contributed by atoms with E-state index >= 15 is 0 Å². The molecule has 1 aromatic heterocycles. The Labute approximate surface area is 114 Å². The minimum atomic E-state index is -0.447. The van der Waals surface area contributed by atoms with Gasteiger partial charge >= 0.3 is 0 Å². The van der Waals surface area contributed by atoms with Crippen LogP contribution in [0.4, 0.5) is 0 Å². The average molecular weight is 317 g/mol. The third-order valence-corrected chi connectivity index (χ3v) is 3.44. The Kier molecular flexibility index (Phi) is 4.09. The molecule has 1 aliphatic heterocycles. The third kappa shape index (κ3) is 2.93. The van der Waals surface area contributed by atoms with Gasteiger partial charge in [-0.2, -0.15) is 0 Å². The van der Waals surface area contributed by atoms with Crippen LogP contribution in [0.5, 0.6) is 0 Å². The molecule has 1 amide bonds. The molecule has 5 nitrogen and oxygen atoms in total. The Balaban J connectivity index is 2.12. The van der Waals surface area contributed by atoms with E-state index in [1.54, 1.807) is 17.0 Å². The lowest BCUT2D eigenvalue weighted by Crippen LogP contribution is -2.41. The van der Waals surface area contributed by atoms with Crippen LogP contribution in [0.2, 0.25) is 0 Å². The van der Waals surface area contributed by atoms with Crippen molar-refractivity contribution in [3.05, 3.63) is 22.6 Å². The molecule has 1 aliphatic rings. The zero-order valence-corrected chi connectivity index (χ0v) is 12.1. The molecule has 0 saturated carbocycles. The van der Waals surface area contributed by atoms with Crippen molar-refractivity contribution in [2.24, 2.45) is 0 Å². The lowest BCUT2D eigenvalue weighted by molar-refractivity contribution is 0.0666. The Morgan fingerprint density at radius 3 is 2.89 bits per heavy atom. The van der Waals surface area contributed by atoms with Crippen LogP contribution in [-0.2, 0) is 0 Å². The maximum atomic E-state index is 12.3. The van der Waals surface area contributed by atoms with Crippen molar-refractivity contribution in [2.75, 3.05) is 27.2 Å². The largest absolute Gasteiger partial charge is 0.444 e. The highest BCUT2D eigenvalue weighted by atomic mass is 79.9. The van der Waals surface area contributed by atoms with E-state index < -0.39 is 6.10 Å². The zero-order valence-electron chi connectivity index (χ0n) is 10.5. The van der Waals surface area contributed by atoms with Crippen LogP contribution in [0, 0.1) is 0 Å². The molecule has 2 atom stereocenters. The van der Waals surface area contributed by atoms with Gasteiger partial charge in [0.2, 0.25) is 0 Å². The number of hydrogen-bond acceptors (Lipinski definition) is 4. The summed E-state index contributed by atoms with van der Waals surface area (Å²) in [7, 11) is 3.91. The summed E-state index contributed by atoms with van der Waals surface area (Å²) in [6.45, 7) is 1.11. The number of aliphatic hydroxyl groups is 1. The van der Waals surface area contributed by atoms with Crippen LogP contribution < -0.4 is 0 Å². The number of aliphatic hydroxyl groups excluding tert-OH is 1. The minimum absolute atomic E-state index is 0.0337. The Bertz CT molecular complexity index is 433. The number of halogens is 1. The van der Waals surface area contributed by atoms with Crippen LogP contribution in [-0.4, -0.2) is 60.1 Å². The monoisotopic (exact) mass is 316 g/mol. The number of likely N-dealkylation sites (N-methyl/N-ethyl adjacent to an activating group) is 1. The highest BCUT2D eigenvalue weighted by Gasteiger charge is 2.35. The summed E-state index contributed by atoms with van der Waals surface area (Å²) in [4.78, 5) is 16.0. The first-order valence-electron chi connectivity index (χ1n) is 5.86. The molecule has 100 valence electrons. The Morgan fingerprint density at radius 1 is 1.61 bits per heavy atom. The van der Waals surface area contributed by atoms with Crippen molar-refractivity contribution >= 4 is 21.8 Å². The van der Waals surface area contributed by atoms with Crippen LogP contribution in [0.3, 0.4) is 0 Å². The summed E-state index contributed by atoms with van der Waals surface area (Å²) in [5.74, 6) is 0.142. The fourth-order valence-corrected chi connectivity index (χ4v) is 2.61. The molecule has 6 heteroatoms. The van der Waals surface area contributed by atoms with Gasteiger partial charge in [-0.25, -0.2) is 0 Å². The van der Waals surface area contributed by atoms with Gasteiger partial charge in [-0.1, -0.05) is 0 Å². The second-order valence-corrected chi connectivity index (χ2v) is 5.65. The second kappa shape index (κ2) is 5.42. The highest BCUT2D eigenvalue weighted by Crippen LogP contribution is 2.23. The number of carbonyl (C=O) groups excluding carboxylic acids is 1. The SMILES string of the molecule is CN(C)CC1CC(O)CN1C(=O)c1ccc(Br)o1. The van der Waals surface area contributed by atoms with Crippen molar-refractivity contribution in [2.45, 2.75) is 18.6 Å². The number of amides is 1. The van der Waals surface area contributed by atoms with Crippen molar-refractivity contribution in [1.29, 1.82) is 0 Å². The van der Waals surface area contributed by atoms with Crippen molar-refractivity contribution in [3.63, 3.8) is 0 Å². The lowest BCUT2D eigenvalue weighted by atomic mass is 10.2. The van der Waals surface area contributed by atoms with Crippen LogP contribution >= 0.6 is 15.9 Å². The standard InChI is InChI=1S/C12H17BrN2O3/c1-14(2)6-8-5-9(16)7-15(8)12(17)10-3-4-11(13)18-10/h3-4,8-9,16H,5-7H2,1-2H3. The first kappa shape index (κ1) is 13.6. The molecule has 2 rings (SSSR count). The molecule has 1 saturated heterocycles. The number of β-amino-alcohol motifs (C(OH)–C–C–N with tert-alkyl or cyclic N) is 1. The van der Waals surface area contributed by atoms with Gasteiger partial charge in [0.15, 0.2) is 10.4 Å². The molecule has 2 unspecified atom stereocenters. The number of furan rings is 1. The van der Waals surface area contributed by atoms with Crippen LogP contribution in [0.25, 0.3) is 0 Å². The predicted molar refractivity (Wildman–Crippen MR) is 70.4 cm³/mol. The second-order valence-electron chi connectivity index (χ2n) is 4.87. The third-order valence-electron chi connectivity index (χ3n) is 3.01. The fraction of sp³-hybridized carbons (Fsp3) is 0.583.